The molecule has 36 heavy (non-hydrogen) atoms. The Balaban J connectivity index is 1.91. The minimum atomic E-state index is -4.91. The summed E-state index contributed by atoms with van der Waals surface area (Å²) in [5.41, 5.74) is 1.44. The lowest BCUT2D eigenvalue weighted by Gasteiger charge is -2.17. The summed E-state index contributed by atoms with van der Waals surface area (Å²) in [7, 11) is 0. The number of para-hydroxylation sites is 1. The normalized spacial score (nSPS) is 12.5. The van der Waals surface area contributed by atoms with Crippen molar-refractivity contribution in [3.8, 4) is 5.69 Å². The minimum Gasteiger partial charge on any atom is -0.322 e. The lowest BCUT2D eigenvalue weighted by molar-refractivity contribution is -0.138. The van der Waals surface area contributed by atoms with Crippen molar-refractivity contribution < 1.29 is 22.0 Å². The molecule has 1 aromatic heterocycles. The van der Waals surface area contributed by atoms with Gasteiger partial charge in [0.15, 0.2) is 0 Å². The highest BCUT2D eigenvalue weighted by atomic mass is 19.4. The van der Waals surface area contributed by atoms with Gasteiger partial charge in [-0.1, -0.05) is 48.5 Å². The molecule has 1 heterocycles. The number of hydrogen-bond donors (Lipinski definition) is 1. The van der Waals surface area contributed by atoms with E-state index in [1.165, 1.54) is 12.1 Å². The maximum absolute atomic E-state index is 14.6. The predicted molar refractivity (Wildman–Crippen MR) is 122 cm³/mol. The highest BCUT2D eigenvalue weighted by Crippen LogP contribution is 2.33. The zero-order valence-electron chi connectivity index (χ0n) is 18.5. The van der Waals surface area contributed by atoms with Gasteiger partial charge >= 0.3 is 11.9 Å². The number of alkyl halides is 3. The van der Waals surface area contributed by atoms with Crippen LogP contribution < -0.4 is 17.0 Å². The number of aromatic nitrogens is 3. The Bertz CT molecular complexity index is 1510. The fraction of sp³-hybridized carbons (Fsp3) is 0.160. The smallest absolute Gasteiger partial charge is 0.322 e. The van der Waals surface area contributed by atoms with E-state index in [0.717, 1.165) is 28.9 Å². The number of hydrogen-bond acceptors (Lipinski definition) is 4. The molecule has 0 bridgehead atoms. The summed E-state index contributed by atoms with van der Waals surface area (Å²) in [5, 5.41) is 3.95. The Morgan fingerprint density at radius 1 is 0.861 bits per heavy atom. The van der Waals surface area contributed by atoms with Gasteiger partial charge in [-0.15, -0.1) is 0 Å². The Labute approximate surface area is 201 Å². The van der Waals surface area contributed by atoms with Gasteiger partial charge in [0.1, 0.15) is 17.3 Å². The van der Waals surface area contributed by atoms with Gasteiger partial charge in [-0.3, -0.25) is 4.79 Å². The summed E-state index contributed by atoms with van der Waals surface area (Å²) in [4.78, 5) is 26.4. The van der Waals surface area contributed by atoms with Gasteiger partial charge in [0.05, 0.1) is 17.8 Å². The zero-order chi connectivity index (χ0) is 26.0. The van der Waals surface area contributed by atoms with E-state index in [2.05, 4.69) is 5.10 Å². The van der Waals surface area contributed by atoms with Gasteiger partial charge in [0.2, 0.25) is 0 Å². The van der Waals surface area contributed by atoms with E-state index in [0.29, 0.717) is 16.2 Å². The maximum atomic E-state index is 14.6. The molecule has 6 nitrogen and oxygen atoms in total. The Morgan fingerprint density at radius 3 is 2.17 bits per heavy atom. The maximum Gasteiger partial charge on any atom is 0.416 e. The number of benzene rings is 3. The Hall–Kier alpha value is -4.12. The van der Waals surface area contributed by atoms with Crippen molar-refractivity contribution in [2.45, 2.75) is 25.2 Å². The zero-order valence-corrected chi connectivity index (χ0v) is 18.5. The van der Waals surface area contributed by atoms with Crippen LogP contribution in [0.2, 0.25) is 0 Å². The Morgan fingerprint density at radius 2 is 1.50 bits per heavy atom. The van der Waals surface area contributed by atoms with Crippen molar-refractivity contribution in [3.05, 3.63) is 128 Å². The molecular weight excluding hydrogens is 483 g/mol. The molecule has 0 spiro atoms. The van der Waals surface area contributed by atoms with Crippen molar-refractivity contribution in [2.24, 2.45) is 5.73 Å². The largest absolute Gasteiger partial charge is 0.416 e. The molecule has 4 aromatic rings. The molecule has 0 aliphatic rings. The third-order valence-electron chi connectivity index (χ3n) is 5.56. The van der Waals surface area contributed by atoms with E-state index < -0.39 is 64.0 Å². The molecule has 1 atom stereocenters. The van der Waals surface area contributed by atoms with Crippen LogP contribution in [0.1, 0.15) is 28.4 Å². The van der Waals surface area contributed by atoms with Crippen molar-refractivity contribution >= 4 is 0 Å². The summed E-state index contributed by atoms with van der Waals surface area (Å²) >= 11 is 0. The van der Waals surface area contributed by atoms with Crippen LogP contribution in [0.5, 0.6) is 0 Å². The summed E-state index contributed by atoms with van der Waals surface area (Å²) in [6.45, 7) is -0.284. The third-order valence-corrected chi connectivity index (χ3v) is 5.56. The van der Waals surface area contributed by atoms with Gasteiger partial charge in [-0.25, -0.2) is 22.8 Å². The summed E-state index contributed by atoms with van der Waals surface area (Å²) in [5.74, 6) is -2.13. The molecule has 2 N–H and O–H groups in total. The van der Waals surface area contributed by atoms with Gasteiger partial charge in [0.25, 0.3) is 5.56 Å². The van der Waals surface area contributed by atoms with E-state index >= 15 is 0 Å². The molecule has 0 amide bonds. The number of halogens is 5. The second-order valence-corrected chi connectivity index (χ2v) is 7.96. The van der Waals surface area contributed by atoms with Crippen LogP contribution in [0.4, 0.5) is 22.0 Å². The molecule has 4 rings (SSSR count). The first-order valence-electron chi connectivity index (χ1n) is 10.7. The van der Waals surface area contributed by atoms with Crippen LogP contribution in [0.3, 0.4) is 0 Å². The lowest BCUT2D eigenvalue weighted by atomic mass is 10.0. The van der Waals surface area contributed by atoms with Crippen molar-refractivity contribution in [1.82, 2.24) is 14.3 Å². The molecule has 0 saturated carbocycles. The molecular formula is C25H19F5N4O2. The average molecular weight is 502 g/mol. The van der Waals surface area contributed by atoms with E-state index in [1.807, 2.05) is 0 Å². The lowest BCUT2D eigenvalue weighted by Crippen LogP contribution is -2.44. The fourth-order valence-electron chi connectivity index (χ4n) is 3.80. The van der Waals surface area contributed by atoms with Crippen LogP contribution in [-0.4, -0.2) is 14.3 Å². The fourth-order valence-corrected chi connectivity index (χ4v) is 3.80. The second-order valence-electron chi connectivity index (χ2n) is 7.96. The van der Waals surface area contributed by atoms with Crippen LogP contribution in [0.15, 0.2) is 82.4 Å². The molecule has 11 heteroatoms. The van der Waals surface area contributed by atoms with E-state index in [1.54, 1.807) is 30.3 Å². The molecule has 186 valence electrons. The first-order valence-corrected chi connectivity index (χ1v) is 10.7. The van der Waals surface area contributed by atoms with Crippen LogP contribution in [-0.2, 0) is 19.1 Å². The van der Waals surface area contributed by atoms with Gasteiger partial charge in [-0.2, -0.15) is 18.3 Å². The molecule has 0 aliphatic carbocycles. The second kappa shape index (κ2) is 9.86. The van der Waals surface area contributed by atoms with Crippen molar-refractivity contribution in [3.63, 3.8) is 0 Å². The summed E-state index contributed by atoms with van der Waals surface area (Å²) < 4.78 is 70.9. The van der Waals surface area contributed by atoms with E-state index in [9.17, 15) is 31.5 Å². The monoisotopic (exact) mass is 502 g/mol. The highest BCUT2D eigenvalue weighted by Gasteiger charge is 2.35. The van der Waals surface area contributed by atoms with Gasteiger partial charge in [0, 0.05) is 18.0 Å². The van der Waals surface area contributed by atoms with Crippen molar-refractivity contribution in [2.75, 3.05) is 0 Å². The van der Waals surface area contributed by atoms with Gasteiger partial charge in [-0.05, 0) is 29.8 Å². The molecule has 0 saturated heterocycles. The van der Waals surface area contributed by atoms with E-state index in [-0.39, 0.29) is 6.54 Å². The summed E-state index contributed by atoms with van der Waals surface area (Å²) in [6.07, 6.45) is -5.80. The molecule has 0 aliphatic heterocycles. The van der Waals surface area contributed by atoms with Crippen molar-refractivity contribution in [1.29, 1.82) is 0 Å². The summed E-state index contributed by atoms with van der Waals surface area (Å²) in [6, 6.07) is 15.1. The van der Waals surface area contributed by atoms with Crippen LogP contribution in [0, 0.1) is 11.6 Å². The third kappa shape index (κ3) is 4.96. The first-order chi connectivity index (χ1) is 17.1. The Kier molecular flexibility index (Phi) is 6.84. The highest BCUT2D eigenvalue weighted by molar-refractivity contribution is 5.36. The van der Waals surface area contributed by atoms with Gasteiger partial charge < -0.3 is 5.73 Å². The molecule has 0 fully saturated rings. The molecule has 1 unspecified atom stereocenters. The standard InChI is InChI=1S/C25H19F5N4O2/c26-18-11-6-9-17(25(28,29)30)16(18)13-21-23(35)34(22-12-5-4-10-19(22)27)24(36)33(32-21)14-20(31)15-7-2-1-3-8-15/h1-12,20H,13-14,31H2. The average Bonchev–Trinajstić information content (AvgIpc) is 2.84. The number of nitrogens with two attached hydrogens (primary N) is 1. The minimum absolute atomic E-state index is 0.284. The number of rotatable bonds is 6. The van der Waals surface area contributed by atoms with Crippen LogP contribution in [0.25, 0.3) is 5.69 Å². The molecule has 3 aromatic carbocycles. The van der Waals surface area contributed by atoms with E-state index in [4.69, 9.17) is 5.73 Å². The first kappa shape index (κ1) is 25.0. The molecule has 0 radical (unpaired) electrons. The van der Waals surface area contributed by atoms with Crippen LogP contribution >= 0.6 is 0 Å². The predicted octanol–water partition coefficient (Wildman–Crippen LogP) is 3.98. The topological polar surface area (TPSA) is 82.9 Å². The SMILES string of the molecule is NC(Cn1nc(Cc2c(F)cccc2C(F)(F)F)c(=O)n(-c2ccccc2F)c1=O)c1ccccc1. The quantitative estimate of drug-likeness (QED) is 0.405. The number of nitrogens with zero attached hydrogens (tertiary/aromatic N) is 3.